The summed E-state index contributed by atoms with van der Waals surface area (Å²) < 4.78 is 12.7. The molecule has 0 bridgehead atoms. The SMILES string of the molecule is C/C=C/Cc1cc(C)cc(B2OC(C)(C)C(C)(C)O2)c1C#Cc1ccc(C)cc1. The van der Waals surface area contributed by atoms with E-state index in [-0.39, 0.29) is 11.2 Å². The zero-order valence-electron chi connectivity index (χ0n) is 18.7. The summed E-state index contributed by atoms with van der Waals surface area (Å²) >= 11 is 0. The highest BCUT2D eigenvalue weighted by atomic mass is 16.7. The van der Waals surface area contributed by atoms with E-state index in [0.717, 1.165) is 23.0 Å². The van der Waals surface area contributed by atoms with Gasteiger partial charge in [-0.25, -0.2) is 0 Å². The van der Waals surface area contributed by atoms with Crippen LogP contribution < -0.4 is 5.46 Å². The molecule has 2 aromatic carbocycles. The number of hydrogen-bond acceptors (Lipinski definition) is 2. The van der Waals surface area contributed by atoms with E-state index in [4.69, 9.17) is 9.31 Å². The molecule has 0 saturated carbocycles. The van der Waals surface area contributed by atoms with Crippen LogP contribution in [0, 0.1) is 25.7 Å². The summed E-state index contributed by atoms with van der Waals surface area (Å²) in [7, 11) is -0.424. The molecule has 0 N–H and O–H groups in total. The van der Waals surface area contributed by atoms with Crippen LogP contribution in [0.2, 0.25) is 0 Å². The molecule has 2 nitrogen and oxygen atoms in total. The standard InChI is InChI=1S/C26H31BO2/c1-8-9-10-22-17-20(3)18-24(27-28-25(4,5)26(6,7)29-27)23(22)16-15-21-13-11-19(2)12-14-21/h8-9,11-14,17-18H,10H2,1-7H3/b9-8+. The van der Waals surface area contributed by atoms with Crippen molar-refractivity contribution in [2.24, 2.45) is 0 Å². The van der Waals surface area contributed by atoms with E-state index in [0.29, 0.717) is 0 Å². The Bertz CT molecular complexity index is 956. The molecule has 3 heteroatoms. The Morgan fingerprint density at radius 2 is 1.52 bits per heavy atom. The normalized spacial score (nSPS) is 17.4. The lowest BCUT2D eigenvalue weighted by atomic mass is 9.73. The van der Waals surface area contributed by atoms with Crippen molar-refractivity contribution >= 4 is 12.6 Å². The molecule has 2 aromatic rings. The molecule has 1 saturated heterocycles. The van der Waals surface area contributed by atoms with Gasteiger partial charge in [-0.05, 0) is 78.0 Å². The number of allylic oxidation sites excluding steroid dienone is 2. The minimum Gasteiger partial charge on any atom is -0.399 e. The summed E-state index contributed by atoms with van der Waals surface area (Å²) in [6, 6.07) is 12.7. The van der Waals surface area contributed by atoms with Crippen molar-refractivity contribution in [3.63, 3.8) is 0 Å². The fourth-order valence-electron chi connectivity index (χ4n) is 3.38. The van der Waals surface area contributed by atoms with E-state index >= 15 is 0 Å². The van der Waals surface area contributed by atoms with Crippen LogP contribution >= 0.6 is 0 Å². The summed E-state index contributed by atoms with van der Waals surface area (Å²) in [6.07, 6.45) is 5.08. The van der Waals surface area contributed by atoms with Gasteiger partial charge in [-0.15, -0.1) is 0 Å². The van der Waals surface area contributed by atoms with Gasteiger partial charge >= 0.3 is 7.12 Å². The molecule has 0 radical (unpaired) electrons. The first kappa shape index (κ1) is 21.4. The predicted octanol–water partition coefficient (Wildman–Crippen LogP) is 5.12. The molecule has 0 unspecified atom stereocenters. The minimum atomic E-state index is -0.424. The summed E-state index contributed by atoms with van der Waals surface area (Å²) in [5.41, 5.74) is 5.89. The van der Waals surface area contributed by atoms with Crippen molar-refractivity contribution in [2.75, 3.05) is 0 Å². The lowest BCUT2D eigenvalue weighted by Crippen LogP contribution is -2.41. The van der Waals surface area contributed by atoms with Crippen molar-refractivity contribution < 1.29 is 9.31 Å². The number of rotatable bonds is 3. The Morgan fingerprint density at radius 1 is 0.897 bits per heavy atom. The van der Waals surface area contributed by atoms with Crippen LogP contribution in [0.3, 0.4) is 0 Å². The van der Waals surface area contributed by atoms with Gasteiger partial charge in [0.05, 0.1) is 11.2 Å². The van der Waals surface area contributed by atoms with Gasteiger partial charge in [-0.1, -0.05) is 59.4 Å². The molecule has 0 aliphatic carbocycles. The fraction of sp³-hybridized carbons (Fsp3) is 0.385. The highest BCUT2D eigenvalue weighted by Gasteiger charge is 2.52. The van der Waals surface area contributed by atoms with Crippen molar-refractivity contribution in [3.8, 4) is 11.8 Å². The van der Waals surface area contributed by atoms with E-state index in [2.05, 4.69) is 102 Å². The third-order valence-electron chi connectivity index (χ3n) is 5.86. The lowest BCUT2D eigenvalue weighted by molar-refractivity contribution is 0.00578. The second-order valence-electron chi connectivity index (χ2n) is 8.87. The largest absolute Gasteiger partial charge is 0.496 e. The quantitative estimate of drug-likeness (QED) is 0.414. The highest BCUT2D eigenvalue weighted by Crippen LogP contribution is 2.37. The molecule has 0 spiro atoms. The van der Waals surface area contributed by atoms with Crippen LogP contribution in [0.1, 0.15) is 62.4 Å². The van der Waals surface area contributed by atoms with Crippen LogP contribution in [0.4, 0.5) is 0 Å². The van der Waals surface area contributed by atoms with Crippen LogP contribution in [0.15, 0.2) is 48.6 Å². The number of aryl methyl sites for hydroxylation is 2. The minimum absolute atomic E-state index is 0.382. The van der Waals surface area contributed by atoms with Crippen molar-refractivity contribution in [2.45, 2.75) is 66.1 Å². The average molecular weight is 386 g/mol. The molecule has 1 aliphatic rings. The third-order valence-corrected chi connectivity index (χ3v) is 5.86. The van der Waals surface area contributed by atoms with Crippen molar-refractivity contribution in [1.82, 2.24) is 0 Å². The monoisotopic (exact) mass is 386 g/mol. The van der Waals surface area contributed by atoms with Crippen molar-refractivity contribution in [3.05, 3.63) is 76.4 Å². The Balaban J connectivity index is 2.10. The average Bonchev–Trinajstić information content (AvgIpc) is 2.87. The van der Waals surface area contributed by atoms with Gasteiger partial charge in [-0.3, -0.25) is 0 Å². The van der Waals surface area contributed by atoms with Crippen LogP contribution in [0.5, 0.6) is 0 Å². The first-order valence-electron chi connectivity index (χ1n) is 10.3. The third kappa shape index (κ3) is 4.66. The molecule has 3 rings (SSSR count). The number of hydrogen-bond donors (Lipinski definition) is 0. The maximum Gasteiger partial charge on any atom is 0.496 e. The molecular weight excluding hydrogens is 355 g/mol. The lowest BCUT2D eigenvalue weighted by Gasteiger charge is -2.32. The maximum absolute atomic E-state index is 6.36. The van der Waals surface area contributed by atoms with Gasteiger partial charge in [0.2, 0.25) is 0 Å². The molecule has 1 aliphatic heterocycles. The van der Waals surface area contributed by atoms with Gasteiger partial charge < -0.3 is 9.31 Å². The Labute approximate surface area is 176 Å². The van der Waals surface area contributed by atoms with Gasteiger partial charge in [0.1, 0.15) is 0 Å². The summed E-state index contributed by atoms with van der Waals surface area (Å²) in [6.45, 7) is 14.6. The first-order chi connectivity index (χ1) is 13.6. The molecule has 150 valence electrons. The smallest absolute Gasteiger partial charge is 0.399 e. The van der Waals surface area contributed by atoms with Crippen LogP contribution in [0.25, 0.3) is 0 Å². The van der Waals surface area contributed by atoms with Gasteiger partial charge in [0.15, 0.2) is 0 Å². The second-order valence-corrected chi connectivity index (χ2v) is 8.87. The maximum atomic E-state index is 6.36. The molecule has 0 amide bonds. The zero-order chi connectivity index (χ0) is 21.2. The molecule has 1 fully saturated rings. The molecule has 0 atom stereocenters. The van der Waals surface area contributed by atoms with E-state index in [9.17, 15) is 0 Å². The zero-order valence-corrected chi connectivity index (χ0v) is 18.7. The topological polar surface area (TPSA) is 18.5 Å². The molecular formula is C26H31BO2. The van der Waals surface area contributed by atoms with Crippen LogP contribution in [-0.2, 0) is 15.7 Å². The summed E-state index contributed by atoms with van der Waals surface area (Å²) in [5.74, 6) is 6.79. The highest BCUT2D eigenvalue weighted by molar-refractivity contribution is 6.63. The van der Waals surface area contributed by atoms with E-state index < -0.39 is 7.12 Å². The first-order valence-corrected chi connectivity index (χ1v) is 10.3. The van der Waals surface area contributed by atoms with E-state index in [1.807, 2.05) is 6.92 Å². The summed E-state index contributed by atoms with van der Waals surface area (Å²) in [4.78, 5) is 0. The Hall–Kier alpha value is -2.28. The van der Waals surface area contributed by atoms with Gasteiger partial charge in [0, 0.05) is 11.1 Å². The van der Waals surface area contributed by atoms with Crippen molar-refractivity contribution in [1.29, 1.82) is 0 Å². The molecule has 0 aromatic heterocycles. The van der Waals surface area contributed by atoms with E-state index in [1.54, 1.807) is 0 Å². The second kappa shape index (κ2) is 8.23. The fourth-order valence-corrected chi connectivity index (χ4v) is 3.38. The Morgan fingerprint density at radius 3 is 2.10 bits per heavy atom. The van der Waals surface area contributed by atoms with Crippen LogP contribution in [-0.4, -0.2) is 18.3 Å². The molecule has 1 heterocycles. The summed E-state index contributed by atoms with van der Waals surface area (Å²) in [5, 5.41) is 0. The number of benzene rings is 2. The van der Waals surface area contributed by atoms with Gasteiger partial charge in [-0.2, -0.15) is 0 Å². The molecule has 29 heavy (non-hydrogen) atoms. The predicted molar refractivity (Wildman–Crippen MR) is 123 cm³/mol. The van der Waals surface area contributed by atoms with E-state index in [1.165, 1.54) is 16.7 Å². The Kier molecular flexibility index (Phi) is 6.08. The van der Waals surface area contributed by atoms with Gasteiger partial charge in [0.25, 0.3) is 0 Å².